The van der Waals surface area contributed by atoms with E-state index in [1.54, 1.807) is 4.90 Å². The van der Waals surface area contributed by atoms with Gasteiger partial charge in [-0.15, -0.1) is 0 Å². The van der Waals surface area contributed by atoms with Crippen molar-refractivity contribution >= 4 is 41.5 Å². The number of urea groups is 1. The minimum atomic E-state index is -1.17. The van der Waals surface area contributed by atoms with Gasteiger partial charge in [0, 0.05) is 39.0 Å². The Kier molecular flexibility index (Phi) is 13.5. The van der Waals surface area contributed by atoms with Crippen molar-refractivity contribution in [3.63, 3.8) is 0 Å². The molecule has 1 aromatic rings. The van der Waals surface area contributed by atoms with Crippen LogP contribution in [0.1, 0.15) is 123 Å². The van der Waals surface area contributed by atoms with E-state index in [-0.39, 0.29) is 36.6 Å². The minimum absolute atomic E-state index is 0.0427. The van der Waals surface area contributed by atoms with Gasteiger partial charge in [-0.2, -0.15) is 0 Å². The van der Waals surface area contributed by atoms with Crippen molar-refractivity contribution in [2.75, 3.05) is 26.2 Å². The molecule has 2 saturated heterocycles. The summed E-state index contributed by atoms with van der Waals surface area (Å²) in [5.74, 6) is -3.01. The summed E-state index contributed by atoms with van der Waals surface area (Å²) >= 11 is 0. The van der Waals surface area contributed by atoms with Crippen LogP contribution in [-0.4, -0.2) is 113 Å². The molecule has 60 heavy (non-hydrogen) atoms. The number of fused-ring (bicyclic) bond motifs is 1. The normalized spacial score (nSPS) is 24.0. The molecule has 5 N–H and O–H groups in total. The van der Waals surface area contributed by atoms with Crippen molar-refractivity contribution in [2.45, 2.75) is 155 Å². The number of piperidine rings is 1. The first-order valence-electron chi connectivity index (χ1n) is 22.0. The fourth-order valence-corrected chi connectivity index (χ4v) is 9.40. The second-order valence-corrected chi connectivity index (χ2v) is 20.3. The molecule has 3 aliphatic heterocycles. The molecule has 4 fully saturated rings. The molecule has 1 aromatic carbocycles. The van der Waals surface area contributed by atoms with Crippen LogP contribution in [0.25, 0.3) is 0 Å². The standard InChI is InChI=1S/C45H67N7O8/c1-43(2,3)34(27-50-21-19-44(4,5)24-35(50)53)48-41(58)49-37(45(6)17-10-7-11-18-45)40(57)52-26-31(60-42(59)51-20-16-29-12-8-9-13-30(29)25-51)23-33(52)39(56)47-32(22-28-14-15-28)36(54)38(46)55/h8-9,12-13,28,31-34,37H,7,10-11,14-27H2,1-6H3,(H2,46,55)(H,47,56)(H2,48,49,58)/t31-,32?,33+,34-,37-/m1/s1. The lowest BCUT2D eigenvalue weighted by Crippen LogP contribution is -2.63. The second kappa shape index (κ2) is 18.1. The Morgan fingerprint density at radius 2 is 1.60 bits per heavy atom. The number of benzene rings is 1. The summed E-state index contributed by atoms with van der Waals surface area (Å²) in [6, 6.07) is 3.51. The maximum absolute atomic E-state index is 15.1. The molecule has 15 heteroatoms. The summed E-state index contributed by atoms with van der Waals surface area (Å²) in [6.45, 7) is 13.8. The number of rotatable bonds is 13. The molecule has 0 aromatic heterocycles. The largest absolute Gasteiger partial charge is 0.444 e. The molecule has 0 radical (unpaired) electrons. The van der Waals surface area contributed by atoms with Crippen LogP contribution in [0.2, 0.25) is 0 Å². The Morgan fingerprint density at radius 3 is 2.23 bits per heavy atom. The number of ketones is 1. The highest BCUT2D eigenvalue weighted by atomic mass is 16.6. The minimum Gasteiger partial charge on any atom is -0.444 e. The van der Waals surface area contributed by atoms with Crippen LogP contribution in [0.4, 0.5) is 9.59 Å². The summed E-state index contributed by atoms with van der Waals surface area (Å²) < 4.78 is 6.05. The van der Waals surface area contributed by atoms with E-state index >= 15 is 4.79 Å². The zero-order valence-corrected chi connectivity index (χ0v) is 36.5. The fourth-order valence-electron chi connectivity index (χ4n) is 9.40. The van der Waals surface area contributed by atoms with Gasteiger partial charge >= 0.3 is 12.1 Å². The number of carbonyl (C=O) groups excluding carboxylic acids is 7. The van der Waals surface area contributed by atoms with Gasteiger partial charge in [-0.25, -0.2) is 9.59 Å². The lowest BCUT2D eigenvalue weighted by Gasteiger charge is -2.43. The van der Waals surface area contributed by atoms with Crippen molar-refractivity contribution in [1.82, 2.24) is 30.7 Å². The van der Waals surface area contributed by atoms with Crippen LogP contribution in [0, 0.1) is 22.2 Å². The molecule has 1 unspecified atom stereocenters. The molecule has 0 bridgehead atoms. The molecule has 3 heterocycles. The van der Waals surface area contributed by atoms with Gasteiger partial charge in [0.25, 0.3) is 5.91 Å². The Bertz CT molecular complexity index is 1820. The van der Waals surface area contributed by atoms with Crippen molar-refractivity contribution in [3.05, 3.63) is 35.4 Å². The van der Waals surface area contributed by atoms with Crippen molar-refractivity contribution in [2.24, 2.45) is 27.9 Å². The molecule has 2 saturated carbocycles. The van der Waals surface area contributed by atoms with Crippen LogP contribution in [0.15, 0.2) is 24.3 Å². The third kappa shape index (κ3) is 11.0. The predicted octanol–water partition coefficient (Wildman–Crippen LogP) is 4.19. The van der Waals surface area contributed by atoms with Crippen LogP contribution < -0.4 is 21.7 Å². The second-order valence-electron chi connectivity index (χ2n) is 20.3. The lowest BCUT2D eigenvalue weighted by atomic mass is 9.70. The van der Waals surface area contributed by atoms with E-state index in [9.17, 15) is 28.8 Å². The van der Waals surface area contributed by atoms with Gasteiger partial charge in [0.2, 0.25) is 23.5 Å². The van der Waals surface area contributed by atoms with Crippen LogP contribution >= 0.6 is 0 Å². The number of nitrogens with one attached hydrogen (secondary N) is 3. The average Bonchev–Trinajstić information content (AvgIpc) is 3.91. The van der Waals surface area contributed by atoms with Crippen LogP contribution in [-0.2, 0) is 41.7 Å². The number of likely N-dealkylation sites (tertiary alicyclic amines) is 2. The molecular formula is C45H67N7O8. The third-order valence-electron chi connectivity index (χ3n) is 13.7. The first kappa shape index (κ1) is 44.9. The van der Waals surface area contributed by atoms with E-state index in [1.165, 1.54) is 10.5 Å². The first-order chi connectivity index (χ1) is 28.2. The molecule has 5 aliphatic rings. The first-order valence-corrected chi connectivity index (χ1v) is 22.0. The van der Waals surface area contributed by atoms with Crippen molar-refractivity contribution in [1.29, 1.82) is 0 Å². The quantitative estimate of drug-likeness (QED) is 0.212. The number of Topliss-reactive ketones (excluding diaryl/α,β-unsaturated/α-hetero) is 1. The fraction of sp³-hybridized carbons (Fsp3) is 0.711. The Balaban J connectivity index is 1.24. The Labute approximate surface area is 354 Å². The van der Waals surface area contributed by atoms with Crippen LogP contribution in [0.3, 0.4) is 0 Å². The number of ether oxygens (including phenoxy) is 1. The topological polar surface area (TPSA) is 201 Å². The number of primary amides is 1. The number of amides is 7. The average molecular weight is 834 g/mol. The third-order valence-corrected chi connectivity index (χ3v) is 13.7. The molecule has 15 nitrogen and oxygen atoms in total. The van der Waals surface area contributed by atoms with Gasteiger partial charge < -0.3 is 41.1 Å². The highest BCUT2D eigenvalue weighted by Gasteiger charge is 2.50. The van der Waals surface area contributed by atoms with Gasteiger partial charge in [0.15, 0.2) is 0 Å². The maximum atomic E-state index is 15.1. The van der Waals surface area contributed by atoms with E-state index in [1.807, 2.05) is 56.9 Å². The number of carbonyl (C=O) groups is 7. The molecule has 330 valence electrons. The van der Waals surface area contributed by atoms with Crippen molar-refractivity contribution in [3.8, 4) is 0 Å². The Morgan fingerprint density at radius 1 is 0.917 bits per heavy atom. The molecule has 0 spiro atoms. The number of nitrogens with two attached hydrogens (primary N) is 1. The summed E-state index contributed by atoms with van der Waals surface area (Å²) in [7, 11) is 0. The van der Waals surface area contributed by atoms with E-state index in [4.69, 9.17) is 10.5 Å². The molecule has 6 rings (SSSR count). The van der Waals surface area contributed by atoms with Crippen LogP contribution in [0.5, 0.6) is 0 Å². The van der Waals surface area contributed by atoms with E-state index in [2.05, 4.69) is 29.8 Å². The lowest BCUT2D eigenvalue weighted by molar-refractivity contribution is -0.144. The number of hydrogen-bond donors (Lipinski definition) is 4. The highest BCUT2D eigenvalue weighted by Crippen LogP contribution is 2.41. The van der Waals surface area contributed by atoms with E-state index < -0.39 is 76.7 Å². The summed E-state index contributed by atoms with van der Waals surface area (Å²) in [5, 5.41) is 8.90. The molecule has 2 aliphatic carbocycles. The van der Waals surface area contributed by atoms with Gasteiger partial charge in [0.1, 0.15) is 18.2 Å². The zero-order chi connectivity index (χ0) is 43.6. The van der Waals surface area contributed by atoms with Crippen molar-refractivity contribution < 1.29 is 38.3 Å². The van der Waals surface area contributed by atoms with Gasteiger partial charge in [0.05, 0.1) is 18.6 Å². The monoisotopic (exact) mass is 834 g/mol. The highest BCUT2D eigenvalue weighted by molar-refractivity contribution is 6.37. The zero-order valence-electron chi connectivity index (χ0n) is 36.5. The maximum Gasteiger partial charge on any atom is 0.410 e. The summed E-state index contributed by atoms with van der Waals surface area (Å²) in [6.07, 6.45) is 6.44. The molecule has 5 atom stereocenters. The predicted molar refractivity (Wildman–Crippen MR) is 224 cm³/mol. The van der Waals surface area contributed by atoms with E-state index in [0.29, 0.717) is 51.9 Å². The Hall–Kier alpha value is -4.69. The SMILES string of the molecule is CC1(C)CCN(C[C@@H](NC(=O)N[C@H](C(=O)N2C[C@H](OC(=O)N3CCc4ccccc4C3)C[C@H]2C(=O)NC(CC2CC2)C(=O)C(N)=O)C2(C)CCCCC2)C(C)(C)C)C(=O)C1. The smallest absolute Gasteiger partial charge is 0.410 e. The van der Waals surface area contributed by atoms with Gasteiger partial charge in [-0.3, -0.25) is 24.0 Å². The van der Waals surface area contributed by atoms with Gasteiger partial charge in [-0.1, -0.05) is 97.9 Å². The molecular weight excluding hydrogens is 767 g/mol. The summed E-state index contributed by atoms with van der Waals surface area (Å²) in [4.78, 5) is 100. The number of hydrogen-bond acceptors (Lipinski definition) is 8. The number of nitrogens with zero attached hydrogens (tertiary/aromatic N) is 3. The molecule has 7 amide bonds. The summed E-state index contributed by atoms with van der Waals surface area (Å²) in [5.41, 5.74) is 6.38. The van der Waals surface area contributed by atoms with E-state index in [0.717, 1.165) is 44.1 Å². The van der Waals surface area contributed by atoms with Gasteiger partial charge in [-0.05, 0) is 65.4 Å².